The Bertz CT molecular complexity index is 669. The fourth-order valence-corrected chi connectivity index (χ4v) is 2.67. The molecule has 0 saturated carbocycles. The predicted molar refractivity (Wildman–Crippen MR) is 85.4 cm³/mol. The molecule has 3 rings (SSSR count). The SMILES string of the molecule is COC(=O)c1ccc2c(c1)OC[C@H](C)N(c1ccccc1)C2. The number of nitrogens with zero attached hydrogens (tertiary/aromatic N) is 1. The first kappa shape index (κ1) is 14.4. The minimum atomic E-state index is -0.344. The van der Waals surface area contributed by atoms with Crippen molar-refractivity contribution in [3.8, 4) is 5.75 Å². The highest BCUT2D eigenvalue weighted by molar-refractivity contribution is 5.90. The molecule has 2 aromatic carbocycles. The van der Waals surface area contributed by atoms with Crippen LogP contribution >= 0.6 is 0 Å². The van der Waals surface area contributed by atoms with E-state index in [9.17, 15) is 4.79 Å². The number of anilines is 1. The van der Waals surface area contributed by atoms with Gasteiger partial charge in [0.2, 0.25) is 0 Å². The Hall–Kier alpha value is -2.49. The van der Waals surface area contributed by atoms with Crippen LogP contribution in [-0.2, 0) is 11.3 Å². The van der Waals surface area contributed by atoms with Crippen LogP contribution in [-0.4, -0.2) is 25.7 Å². The molecule has 1 aliphatic rings. The van der Waals surface area contributed by atoms with Gasteiger partial charge in [0.1, 0.15) is 12.4 Å². The van der Waals surface area contributed by atoms with E-state index in [-0.39, 0.29) is 12.0 Å². The van der Waals surface area contributed by atoms with Crippen LogP contribution in [0.2, 0.25) is 0 Å². The Morgan fingerprint density at radius 1 is 1.23 bits per heavy atom. The van der Waals surface area contributed by atoms with Gasteiger partial charge >= 0.3 is 5.97 Å². The summed E-state index contributed by atoms with van der Waals surface area (Å²) >= 11 is 0. The average Bonchev–Trinajstić information content (AvgIpc) is 2.74. The number of ether oxygens (including phenoxy) is 2. The van der Waals surface area contributed by atoms with Gasteiger partial charge in [0.25, 0.3) is 0 Å². The van der Waals surface area contributed by atoms with Crippen molar-refractivity contribution >= 4 is 11.7 Å². The van der Waals surface area contributed by atoms with E-state index in [1.807, 2.05) is 24.3 Å². The zero-order valence-corrected chi connectivity index (χ0v) is 12.8. The Morgan fingerprint density at radius 2 is 2.00 bits per heavy atom. The minimum absolute atomic E-state index is 0.247. The Labute approximate surface area is 130 Å². The summed E-state index contributed by atoms with van der Waals surface area (Å²) in [6, 6.07) is 16.0. The van der Waals surface area contributed by atoms with Crippen LogP contribution < -0.4 is 9.64 Å². The van der Waals surface area contributed by atoms with Crippen LogP contribution in [0.3, 0.4) is 0 Å². The first-order valence-corrected chi connectivity index (χ1v) is 7.35. The van der Waals surface area contributed by atoms with Gasteiger partial charge in [-0.15, -0.1) is 0 Å². The largest absolute Gasteiger partial charge is 0.491 e. The molecule has 0 amide bonds. The van der Waals surface area contributed by atoms with Gasteiger partial charge in [0.15, 0.2) is 0 Å². The Kier molecular flexibility index (Phi) is 4.00. The second-order valence-corrected chi connectivity index (χ2v) is 5.44. The molecule has 1 heterocycles. The Morgan fingerprint density at radius 3 is 2.73 bits per heavy atom. The van der Waals surface area contributed by atoms with Gasteiger partial charge in [-0.25, -0.2) is 4.79 Å². The summed E-state index contributed by atoms with van der Waals surface area (Å²) in [6.45, 7) is 3.47. The summed E-state index contributed by atoms with van der Waals surface area (Å²) in [5.41, 5.74) is 2.76. The van der Waals surface area contributed by atoms with E-state index in [4.69, 9.17) is 9.47 Å². The van der Waals surface area contributed by atoms with E-state index < -0.39 is 0 Å². The normalized spacial score (nSPS) is 17.2. The highest BCUT2D eigenvalue weighted by Crippen LogP contribution is 2.29. The van der Waals surface area contributed by atoms with E-state index in [2.05, 4.69) is 24.0 Å². The van der Waals surface area contributed by atoms with Gasteiger partial charge in [-0.2, -0.15) is 0 Å². The summed E-state index contributed by atoms with van der Waals surface area (Å²) in [4.78, 5) is 14.0. The molecular weight excluding hydrogens is 278 g/mol. The summed E-state index contributed by atoms with van der Waals surface area (Å²) in [6.07, 6.45) is 0. The molecule has 2 aromatic rings. The van der Waals surface area contributed by atoms with Crippen LogP contribution in [0, 0.1) is 0 Å². The lowest BCUT2D eigenvalue weighted by molar-refractivity contribution is 0.0600. The van der Waals surface area contributed by atoms with Gasteiger partial charge in [0, 0.05) is 17.8 Å². The Balaban J connectivity index is 1.93. The van der Waals surface area contributed by atoms with Crippen molar-refractivity contribution in [1.29, 1.82) is 0 Å². The van der Waals surface area contributed by atoms with Crippen LogP contribution in [0.1, 0.15) is 22.8 Å². The highest BCUT2D eigenvalue weighted by Gasteiger charge is 2.22. The molecule has 0 saturated heterocycles. The average molecular weight is 297 g/mol. The van der Waals surface area contributed by atoms with Gasteiger partial charge in [-0.3, -0.25) is 0 Å². The molecule has 0 N–H and O–H groups in total. The third kappa shape index (κ3) is 2.77. The van der Waals surface area contributed by atoms with Crippen molar-refractivity contribution in [1.82, 2.24) is 0 Å². The fourth-order valence-electron chi connectivity index (χ4n) is 2.67. The molecular formula is C18H19NO3. The van der Waals surface area contributed by atoms with E-state index in [1.165, 1.54) is 12.8 Å². The maximum atomic E-state index is 11.6. The van der Waals surface area contributed by atoms with Gasteiger partial charge in [0.05, 0.1) is 18.7 Å². The third-order valence-corrected chi connectivity index (χ3v) is 3.93. The second-order valence-electron chi connectivity index (χ2n) is 5.44. The molecule has 4 heteroatoms. The highest BCUT2D eigenvalue weighted by atomic mass is 16.5. The van der Waals surface area contributed by atoms with Crippen LogP contribution in [0.5, 0.6) is 5.75 Å². The first-order valence-electron chi connectivity index (χ1n) is 7.35. The van der Waals surface area contributed by atoms with Crippen LogP contribution in [0.4, 0.5) is 5.69 Å². The van der Waals surface area contributed by atoms with Crippen molar-refractivity contribution in [3.05, 3.63) is 59.7 Å². The topological polar surface area (TPSA) is 38.8 Å². The number of esters is 1. The smallest absolute Gasteiger partial charge is 0.337 e. The zero-order valence-electron chi connectivity index (χ0n) is 12.8. The number of benzene rings is 2. The number of carbonyl (C=O) groups excluding carboxylic acids is 1. The number of para-hydroxylation sites is 1. The number of carbonyl (C=O) groups is 1. The first-order chi connectivity index (χ1) is 10.7. The number of methoxy groups -OCH3 is 1. The van der Waals surface area contributed by atoms with Crippen molar-refractivity contribution in [2.45, 2.75) is 19.5 Å². The lowest BCUT2D eigenvalue weighted by Crippen LogP contribution is -2.34. The van der Waals surface area contributed by atoms with E-state index in [1.54, 1.807) is 12.1 Å². The summed E-state index contributed by atoms with van der Waals surface area (Å²) in [5.74, 6) is 0.414. The molecule has 0 fully saturated rings. The fraction of sp³-hybridized carbons (Fsp3) is 0.278. The summed E-state index contributed by atoms with van der Waals surface area (Å²) < 4.78 is 10.7. The molecule has 0 unspecified atom stereocenters. The van der Waals surface area contributed by atoms with Crippen LogP contribution in [0.25, 0.3) is 0 Å². The summed E-state index contributed by atoms with van der Waals surface area (Å²) in [5, 5.41) is 0. The maximum absolute atomic E-state index is 11.6. The van der Waals surface area contributed by atoms with Gasteiger partial charge in [-0.1, -0.05) is 24.3 Å². The van der Waals surface area contributed by atoms with Crippen molar-refractivity contribution in [2.24, 2.45) is 0 Å². The molecule has 4 nitrogen and oxygen atoms in total. The molecule has 1 aliphatic heterocycles. The standard InChI is InChI=1S/C18H19NO3/c1-13-12-22-17-10-14(18(20)21-2)8-9-15(17)11-19(13)16-6-4-3-5-7-16/h3-10,13H,11-12H2,1-2H3/t13-/m0/s1. The third-order valence-electron chi connectivity index (χ3n) is 3.93. The number of hydrogen-bond acceptors (Lipinski definition) is 4. The number of rotatable bonds is 2. The molecule has 0 spiro atoms. The van der Waals surface area contributed by atoms with E-state index in [0.29, 0.717) is 12.2 Å². The zero-order chi connectivity index (χ0) is 15.5. The van der Waals surface area contributed by atoms with Crippen molar-refractivity contribution < 1.29 is 14.3 Å². The van der Waals surface area contributed by atoms with Gasteiger partial charge < -0.3 is 14.4 Å². The molecule has 0 aromatic heterocycles. The van der Waals surface area contributed by atoms with Crippen molar-refractivity contribution in [3.63, 3.8) is 0 Å². The molecule has 114 valence electrons. The molecule has 0 aliphatic carbocycles. The van der Waals surface area contributed by atoms with Gasteiger partial charge in [-0.05, 0) is 31.2 Å². The molecule has 0 radical (unpaired) electrons. The molecule has 1 atom stereocenters. The van der Waals surface area contributed by atoms with Crippen LogP contribution in [0.15, 0.2) is 48.5 Å². The van der Waals surface area contributed by atoms with Crippen molar-refractivity contribution in [2.75, 3.05) is 18.6 Å². The summed E-state index contributed by atoms with van der Waals surface area (Å²) in [7, 11) is 1.38. The van der Waals surface area contributed by atoms with E-state index in [0.717, 1.165) is 17.9 Å². The molecule has 22 heavy (non-hydrogen) atoms. The minimum Gasteiger partial charge on any atom is -0.491 e. The number of fused-ring (bicyclic) bond motifs is 1. The predicted octanol–water partition coefficient (Wildman–Crippen LogP) is 3.26. The lowest BCUT2D eigenvalue weighted by atomic mass is 10.1. The number of hydrogen-bond donors (Lipinski definition) is 0. The quantitative estimate of drug-likeness (QED) is 0.798. The molecule has 0 bridgehead atoms. The monoisotopic (exact) mass is 297 g/mol. The van der Waals surface area contributed by atoms with E-state index >= 15 is 0 Å². The second kappa shape index (κ2) is 6.10. The maximum Gasteiger partial charge on any atom is 0.337 e. The lowest BCUT2D eigenvalue weighted by Gasteiger charge is -2.28.